The van der Waals surface area contributed by atoms with Crippen LogP contribution in [-0.4, -0.2) is 9.13 Å². The van der Waals surface area contributed by atoms with Crippen LogP contribution in [0.1, 0.15) is 52.7 Å². The van der Waals surface area contributed by atoms with Gasteiger partial charge in [-0.05, 0) is 140 Å². The van der Waals surface area contributed by atoms with Crippen LogP contribution in [0, 0.1) is 5.41 Å². The largest absolute Gasteiger partial charge is 0.310 e. The molecule has 0 bridgehead atoms. The predicted molar refractivity (Wildman–Crippen MR) is 306 cm³/mol. The summed E-state index contributed by atoms with van der Waals surface area (Å²) in [5.41, 5.74) is 20.2. The highest BCUT2D eigenvalue weighted by Gasteiger charge is 2.57. The SMILES string of the molecule is CC1(C)c2cc(-c3ccc(-c4ccc5c(c4)c4ccccc4n5-c4ccccc4)cc3)c(N(c3ccc(-c4ccccc4)cc3)c3ccc4c5ccccc5n(-c5ccccc5)c4c3)cc2C(C)(C)C1(C)C. The molecular weight excluding hydrogens is 871 g/mol. The first-order chi connectivity index (χ1) is 35.0. The Labute approximate surface area is 422 Å². The average Bonchev–Trinajstić information content (AvgIpc) is 3.97. The average molecular weight is 928 g/mol. The van der Waals surface area contributed by atoms with E-state index in [1.165, 1.54) is 93.8 Å². The fraction of sp³-hybridized carbons (Fsp3) is 0.130. The maximum Gasteiger partial charge on any atom is 0.0561 e. The lowest BCUT2D eigenvalue weighted by Gasteiger charge is -2.44. The first-order valence-corrected chi connectivity index (χ1v) is 25.4. The monoisotopic (exact) mass is 927 g/mol. The normalized spacial score (nSPS) is 14.6. The fourth-order valence-corrected chi connectivity index (χ4v) is 12.2. The van der Waals surface area contributed by atoms with Gasteiger partial charge in [-0.15, -0.1) is 0 Å². The number of fused-ring (bicyclic) bond motifs is 7. The molecule has 348 valence electrons. The Morgan fingerprint density at radius 1 is 0.306 bits per heavy atom. The molecule has 13 rings (SSSR count). The van der Waals surface area contributed by atoms with Crippen LogP contribution in [0.4, 0.5) is 17.1 Å². The van der Waals surface area contributed by atoms with Gasteiger partial charge in [0.15, 0.2) is 0 Å². The van der Waals surface area contributed by atoms with Gasteiger partial charge in [-0.1, -0.05) is 193 Å². The minimum Gasteiger partial charge on any atom is -0.310 e. The summed E-state index contributed by atoms with van der Waals surface area (Å²) in [4.78, 5) is 2.52. The summed E-state index contributed by atoms with van der Waals surface area (Å²) in [7, 11) is 0. The van der Waals surface area contributed by atoms with Crippen molar-refractivity contribution in [2.45, 2.75) is 52.4 Å². The first kappa shape index (κ1) is 43.6. The van der Waals surface area contributed by atoms with Crippen LogP contribution in [0.25, 0.3) is 88.4 Å². The van der Waals surface area contributed by atoms with Gasteiger partial charge in [0.25, 0.3) is 0 Å². The Kier molecular flexibility index (Phi) is 9.89. The van der Waals surface area contributed by atoms with Gasteiger partial charge in [0.2, 0.25) is 0 Å². The van der Waals surface area contributed by atoms with E-state index in [0.29, 0.717) is 0 Å². The Bertz CT molecular complexity index is 4020. The van der Waals surface area contributed by atoms with Gasteiger partial charge < -0.3 is 14.0 Å². The van der Waals surface area contributed by atoms with E-state index >= 15 is 0 Å². The molecule has 0 aliphatic heterocycles. The van der Waals surface area contributed by atoms with E-state index in [0.717, 1.165) is 22.7 Å². The van der Waals surface area contributed by atoms with Gasteiger partial charge in [0, 0.05) is 49.9 Å². The van der Waals surface area contributed by atoms with Gasteiger partial charge >= 0.3 is 0 Å². The van der Waals surface area contributed by atoms with E-state index in [1.54, 1.807) is 0 Å². The Morgan fingerprint density at radius 3 is 1.36 bits per heavy atom. The molecule has 1 aliphatic rings. The second-order valence-corrected chi connectivity index (χ2v) is 21.4. The third-order valence-corrected chi connectivity index (χ3v) is 17.2. The number of hydrogen-bond acceptors (Lipinski definition) is 1. The fourth-order valence-electron chi connectivity index (χ4n) is 12.2. The molecule has 0 N–H and O–H groups in total. The van der Waals surface area contributed by atoms with Crippen LogP contribution in [0.15, 0.2) is 237 Å². The zero-order valence-electron chi connectivity index (χ0n) is 41.9. The molecule has 10 aromatic carbocycles. The quantitative estimate of drug-likeness (QED) is 0.148. The highest BCUT2D eigenvalue weighted by molar-refractivity contribution is 6.12. The number of benzene rings is 10. The summed E-state index contributed by atoms with van der Waals surface area (Å²) in [6, 6.07) is 87.5. The highest BCUT2D eigenvalue weighted by Crippen LogP contribution is 2.63. The minimum absolute atomic E-state index is 0.0257. The lowest BCUT2D eigenvalue weighted by Crippen LogP contribution is -2.42. The van der Waals surface area contributed by atoms with Gasteiger partial charge in [-0.25, -0.2) is 0 Å². The van der Waals surface area contributed by atoms with Gasteiger partial charge in [-0.3, -0.25) is 0 Å². The van der Waals surface area contributed by atoms with Crippen molar-refractivity contribution in [3.63, 3.8) is 0 Å². The van der Waals surface area contributed by atoms with Crippen LogP contribution in [-0.2, 0) is 10.8 Å². The van der Waals surface area contributed by atoms with Crippen LogP contribution in [0.5, 0.6) is 0 Å². The molecule has 3 heteroatoms. The maximum absolute atomic E-state index is 2.55. The molecule has 0 saturated heterocycles. The molecule has 2 heterocycles. The Hall–Kier alpha value is -8.40. The molecule has 0 radical (unpaired) electrons. The number of nitrogens with zero attached hydrogens (tertiary/aromatic N) is 3. The van der Waals surface area contributed by atoms with Crippen LogP contribution < -0.4 is 4.90 Å². The molecular formula is C69H57N3. The van der Waals surface area contributed by atoms with Crippen molar-refractivity contribution < 1.29 is 0 Å². The van der Waals surface area contributed by atoms with E-state index in [9.17, 15) is 0 Å². The number of rotatable bonds is 8. The summed E-state index contributed by atoms with van der Waals surface area (Å²) in [6.07, 6.45) is 0. The van der Waals surface area contributed by atoms with Gasteiger partial charge in [-0.2, -0.15) is 0 Å². The van der Waals surface area contributed by atoms with E-state index in [-0.39, 0.29) is 16.2 Å². The molecule has 2 aromatic heterocycles. The van der Waals surface area contributed by atoms with Crippen molar-refractivity contribution in [3.05, 3.63) is 248 Å². The summed E-state index contributed by atoms with van der Waals surface area (Å²) in [6.45, 7) is 14.7. The molecule has 12 aromatic rings. The molecule has 0 amide bonds. The van der Waals surface area contributed by atoms with E-state index < -0.39 is 0 Å². The molecule has 1 aliphatic carbocycles. The third-order valence-electron chi connectivity index (χ3n) is 17.2. The lowest BCUT2D eigenvalue weighted by molar-refractivity contribution is 0.125. The smallest absolute Gasteiger partial charge is 0.0561 e. The van der Waals surface area contributed by atoms with Crippen molar-refractivity contribution >= 4 is 60.7 Å². The number of hydrogen-bond donors (Lipinski definition) is 0. The topological polar surface area (TPSA) is 13.1 Å². The number of aromatic nitrogens is 2. The highest BCUT2D eigenvalue weighted by atomic mass is 15.1. The van der Waals surface area contributed by atoms with Crippen LogP contribution >= 0.6 is 0 Å². The molecule has 0 unspecified atom stereocenters. The zero-order chi connectivity index (χ0) is 48.9. The van der Waals surface area contributed by atoms with Crippen LogP contribution in [0.3, 0.4) is 0 Å². The standard InChI is InChI=1S/C69H57N3/c1-67(2)60-44-58(49-32-30-48(31-33-49)50-36-41-64-59(42-50)56-27-17-19-29-63(56)71(64)51-22-12-8-13-23-51)66(45-61(60)68(3,4)69(67,5)6)70(53-37-34-47(35-38-53)46-20-10-7-11-21-46)54-39-40-57-55-26-16-18-28-62(55)72(65(57)43-54)52-24-14-9-15-25-52/h7-45H,1-6H3. The van der Waals surface area contributed by atoms with Crippen LogP contribution in [0.2, 0.25) is 0 Å². The van der Waals surface area contributed by atoms with Crippen molar-refractivity contribution in [3.8, 4) is 44.8 Å². The summed E-state index contributed by atoms with van der Waals surface area (Å²) < 4.78 is 4.81. The Morgan fingerprint density at radius 2 is 0.736 bits per heavy atom. The van der Waals surface area contributed by atoms with Crippen molar-refractivity contribution in [2.24, 2.45) is 5.41 Å². The zero-order valence-corrected chi connectivity index (χ0v) is 41.9. The molecule has 0 atom stereocenters. The number of anilines is 3. The second kappa shape index (κ2) is 16.3. The predicted octanol–water partition coefficient (Wildman–Crippen LogP) is 18.9. The van der Waals surface area contributed by atoms with E-state index in [4.69, 9.17) is 0 Å². The third kappa shape index (κ3) is 6.57. The van der Waals surface area contributed by atoms with Gasteiger partial charge in [0.05, 0.1) is 27.8 Å². The van der Waals surface area contributed by atoms with Crippen molar-refractivity contribution in [1.29, 1.82) is 0 Å². The van der Waals surface area contributed by atoms with E-state index in [1.807, 2.05) is 0 Å². The second-order valence-electron chi connectivity index (χ2n) is 21.4. The summed E-state index contributed by atoms with van der Waals surface area (Å²) in [5.74, 6) is 0. The first-order valence-electron chi connectivity index (χ1n) is 25.4. The summed E-state index contributed by atoms with van der Waals surface area (Å²) >= 11 is 0. The van der Waals surface area contributed by atoms with Crippen molar-refractivity contribution in [1.82, 2.24) is 9.13 Å². The Balaban J connectivity index is 1.02. The maximum atomic E-state index is 2.55. The van der Waals surface area contributed by atoms with Gasteiger partial charge in [0.1, 0.15) is 0 Å². The summed E-state index contributed by atoms with van der Waals surface area (Å²) in [5, 5.41) is 4.98. The molecule has 0 saturated carbocycles. The molecule has 3 nitrogen and oxygen atoms in total. The minimum atomic E-state index is -0.113. The van der Waals surface area contributed by atoms with Crippen molar-refractivity contribution in [2.75, 3.05) is 4.90 Å². The lowest BCUT2D eigenvalue weighted by atomic mass is 9.59. The number of para-hydroxylation sites is 4. The van der Waals surface area contributed by atoms with E-state index in [2.05, 4.69) is 292 Å². The molecule has 0 fully saturated rings. The molecule has 72 heavy (non-hydrogen) atoms. The molecule has 0 spiro atoms.